The molecule has 0 saturated carbocycles. The zero-order valence-electron chi connectivity index (χ0n) is 11.8. The SMILES string of the molecule is CN1CCN(C(=O)Nc2cnn([C@@H]3CCOC3)c2)CC1. The molecule has 1 aromatic rings. The van der Waals surface area contributed by atoms with Crippen LogP contribution in [0.15, 0.2) is 12.4 Å². The van der Waals surface area contributed by atoms with Crippen LogP contribution in [-0.4, -0.2) is 72.1 Å². The standard InChI is InChI=1S/C13H21N5O2/c1-16-3-5-17(6-4-16)13(19)15-11-8-14-18(9-11)12-2-7-20-10-12/h8-9,12H,2-7,10H2,1H3,(H,15,19)/t12-/m1/s1. The Labute approximate surface area is 118 Å². The van der Waals surface area contributed by atoms with Gasteiger partial charge >= 0.3 is 6.03 Å². The number of urea groups is 1. The highest BCUT2D eigenvalue weighted by Crippen LogP contribution is 2.19. The number of hydrogen-bond donors (Lipinski definition) is 1. The molecule has 2 fully saturated rings. The van der Waals surface area contributed by atoms with E-state index in [1.807, 2.05) is 15.8 Å². The summed E-state index contributed by atoms with van der Waals surface area (Å²) in [7, 11) is 2.07. The summed E-state index contributed by atoms with van der Waals surface area (Å²) in [5.74, 6) is 0. The second-order valence-corrected chi connectivity index (χ2v) is 5.45. The molecule has 1 N–H and O–H groups in total. The number of carbonyl (C=O) groups excluding carboxylic acids is 1. The van der Waals surface area contributed by atoms with Crippen molar-refractivity contribution in [3.05, 3.63) is 12.4 Å². The summed E-state index contributed by atoms with van der Waals surface area (Å²) in [6, 6.07) is 0.254. The molecule has 3 heterocycles. The van der Waals surface area contributed by atoms with E-state index >= 15 is 0 Å². The first kappa shape index (κ1) is 13.4. The van der Waals surface area contributed by atoms with Crippen molar-refractivity contribution >= 4 is 11.7 Å². The van der Waals surface area contributed by atoms with Gasteiger partial charge in [0.25, 0.3) is 0 Å². The van der Waals surface area contributed by atoms with E-state index in [4.69, 9.17) is 4.74 Å². The maximum Gasteiger partial charge on any atom is 0.322 e. The number of anilines is 1. The van der Waals surface area contributed by atoms with Gasteiger partial charge in [0.15, 0.2) is 0 Å². The number of likely N-dealkylation sites (N-methyl/N-ethyl adjacent to an activating group) is 1. The van der Waals surface area contributed by atoms with Crippen LogP contribution in [0.4, 0.5) is 10.5 Å². The van der Waals surface area contributed by atoms with Gasteiger partial charge in [-0.15, -0.1) is 0 Å². The second-order valence-electron chi connectivity index (χ2n) is 5.45. The summed E-state index contributed by atoms with van der Waals surface area (Å²) in [6.07, 6.45) is 4.56. The van der Waals surface area contributed by atoms with E-state index in [-0.39, 0.29) is 6.03 Å². The number of aromatic nitrogens is 2. The van der Waals surface area contributed by atoms with Crippen LogP contribution < -0.4 is 5.32 Å². The molecule has 0 aromatic carbocycles. The van der Waals surface area contributed by atoms with Gasteiger partial charge in [-0.3, -0.25) is 4.68 Å². The van der Waals surface area contributed by atoms with Crippen LogP contribution in [0.5, 0.6) is 0 Å². The number of hydrogen-bond acceptors (Lipinski definition) is 4. The van der Waals surface area contributed by atoms with Crippen molar-refractivity contribution in [2.45, 2.75) is 12.5 Å². The van der Waals surface area contributed by atoms with Gasteiger partial charge in [-0.25, -0.2) is 4.79 Å². The van der Waals surface area contributed by atoms with Gasteiger partial charge in [-0.05, 0) is 13.5 Å². The highest BCUT2D eigenvalue weighted by Gasteiger charge is 2.21. The van der Waals surface area contributed by atoms with E-state index in [1.54, 1.807) is 6.20 Å². The molecule has 110 valence electrons. The highest BCUT2D eigenvalue weighted by molar-refractivity contribution is 5.89. The fourth-order valence-corrected chi connectivity index (χ4v) is 2.55. The lowest BCUT2D eigenvalue weighted by atomic mass is 10.3. The number of piperazine rings is 1. The quantitative estimate of drug-likeness (QED) is 0.862. The summed E-state index contributed by atoms with van der Waals surface area (Å²) < 4.78 is 7.23. The molecule has 2 aliphatic rings. The number of amides is 2. The first-order chi connectivity index (χ1) is 9.72. The van der Waals surface area contributed by atoms with Crippen molar-refractivity contribution in [1.29, 1.82) is 0 Å². The molecule has 7 heteroatoms. The molecule has 20 heavy (non-hydrogen) atoms. The molecule has 1 atom stereocenters. The van der Waals surface area contributed by atoms with Crippen LogP contribution in [-0.2, 0) is 4.74 Å². The molecule has 0 bridgehead atoms. The summed E-state index contributed by atoms with van der Waals surface area (Å²) in [5.41, 5.74) is 0.751. The molecule has 0 unspecified atom stereocenters. The molecule has 2 amide bonds. The fraction of sp³-hybridized carbons (Fsp3) is 0.692. The van der Waals surface area contributed by atoms with Crippen LogP contribution >= 0.6 is 0 Å². The average molecular weight is 279 g/mol. The minimum atomic E-state index is -0.0414. The summed E-state index contributed by atoms with van der Waals surface area (Å²) in [6.45, 7) is 4.87. The Kier molecular flexibility index (Phi) is 3.88. The van der Waals surface area contributed by atoms with E-state index in [2.05, 4.69) is 22.4 Å². The largest absolute Gasteiger partial charge is 0.379 e. The van der Waals surface area contributed by atoms with Gasteiger partial charge in [-0.2, -0.15) is 5.10 Å². The molecule has 3 rings (SSSR count). The predicted octanol–water partition coefficient (Wildman–Crippen LogP) is 0.624. The first-order valence-electron chi connectivity index (χ1n) is 7.09. The molecule has 2 aliphatic heterocycles. The second kappa shape index (κ2) is 5.80. The third-order valence-corrected chi connectivity index (χ3v) is 3.92. The van der Waals surface area contributed by atoms with E-state index in [0.29, 0.717) is 12.6 Å². The van der Waals surface area contributed by atoms with Crippen molar-refractivity contribution in [2.24, 2.45) is 0 Å². The summed E-state index contributed by atoms with van der Waals surface area (Å²) in [5, 5.41) is 7.22. The lowest BCUT2D eigenvalue weighted by Gasteiger charge is -2.32. The predicted molar refractivity (Wildman–Crippen MR) is 74.8 cm³/mol. The Morgan fingerprint density at radius 2 is 2.20 bits per heavy atom. The van der Waals surface area contributed by atoms with Crippen molar-refractivity contribution in [3.63, 3.8) is 0 Å². The monoisotopic (exact) mass is 279 g/mol. The van der Waals surface area contributed by atoms with Crippen molar-refractivity contribution < 1.29 is 9.53 Å². The summed E-state index contributed by atoms with van der Waals surface area (Å²) >= 11 is 0. The zero-order valence-corrected chi connectivity index (χ0v) is 11.8. The van der Waals surface area contributed by atoms with E-state index in [0.717, 1.165) is 44.9 Å². The smallest absolute Gasteiger partial charge is 0.322 e. The van der Waals surface area contributed by atoms with E-state index in [1.165, 1.54) is 0 Å². The maximum atomic E-state index is 12.1. The average Bonchev–Trinajstić information content (AvgIpc) is 3.09. The normalized spacial score (nSPS) is 24.1. The third-order valence-electron chi connectivity index (χ3n) is 3.92. The molecular weight excluding hydrogens is 258 g/mol. The van der Waals surface area contributed by atoms with Crippen molar-refractivity contribution in [3.8, 4) is 0 Å². The first-order valence-corrected chi connectivity index (χ1v) is 7.09. The van der Waals surface area contributed by atoms with Crippen LogP contribution in [0.3, 0.4) is 0 Å². The number of carbonyl (C=O) groups is 1. The van der Waals surface area contributed by atoms with Gasteiger partial charge in [0.05, 0.1) is 24.5 Å². The number of nitrogens with one attached hydrogen (secondary N) is 1. The maximum absolute atomic E-state index is 12.1. The Balaban J connectivity index is 1.56. The van der Waals surface area contributed by atoms with Crippen molar-refractivity contribution in [1.82, 2.24) is 19.6 Å². The molecule has 7 nitrogen and oxygen atoms in total. The molecular formula is C13H21N5O2. The topological polar surface area (TPSA) is 62.6 Å². The molecule has 2 saturated heterocycles. The number of nitrogens with zero attached hydrogens (tertiary/aromatic N) is 4. The lowest BCUT2D eigenvalue weighted by Crippen LogP contribution is -2.48. The van der Waals surface area contributed by atoms with Crippen LogP contribution in [0.2, 0.25) is 0 Å². The van der Waals surface area contributed by atoms with Crippen LogP contribution in [0.25, 0.3) is 0 Å². The summed E-state index contributed by atoms with van der Waals surface area (Å²) in [4.78, 5) is 16.2. The number of ether oxygens (including phenoxy) is 1. The van der Waals surface area contributed by atoms with Gasteiger partial charge in [0, 0.05) is 39.0 Å². The molecule has 0 aliphatic carbocycles. The third kappa shape index (κ3) is 2.94. The zero-order chi connectivity index (χ0) is 13.9. The van der Waals surface area contributed by atoms with Crippen LogP contribution in [0, 0.1) is 0 Å². The van der Waals surface area contributed by atoms with Crippen LogP contribution in [0.1, 0.15) is 12.5 Å². The Bertz CT molecular complexity index is 461. The van der Waals surface area contributed by atoms with Crippen molar-refractivity contribution in [2.75, 3.05) is 51.8 Å². The minimum absolute atomic E-state index is 0.0414. The highest BCUT2D eigenvalue weighted by atomic mass is 16.5. The molecule has 1 aromatic heterocycles. The van der Waals surface area contributed by atoms with E-state index in [9.17, 15) is 4.79 Å². The molecule has 0 spiro atoms. The van der Waals surface area contributed by atoms with Gasteiger partial charge < -0.3 is 19.9 Å². The van der Waals surface area contributed by atoms with E-state index < -0.39 is 0 Å². The van der Waals surface area contributed by atoms with Gasteiger partial charge in [-0.1, -0.05) is 0 Å². The Morgan fingerprint density at radius 1 is 1.40 bits per heavy atom. The fourth-order valence-electron chi connectivity index (χ4n) is 2.55. The molecule has 0 radical (unpaired) electrons. The number of rotatable bonds is 2. The Morgan fingerprint density at radius 3 is 2.90 bits per heavy atom. The van der Waals surface area contributed by atoms with Gasteiger partial charge in [0.2, 0.25) is 0 Å². The van der Waals surface area contributed by atoms with Gasteiger partial charge in [0.1, 0.15) is 0 Å². The lowest BCUT2D eigenvalue weighted by molar-refractivity contribution is 0.164. The Hall–Kier alpha value is -1.60. The minimum Gasteiger partial charge on any atom is -0.379 e.